The highest BCUT2D eigenvalue weighted by molar-refractivity contribution is 6.30. The van der Waals surface area contributed by atoms with E-state index in [1.165, 1.54) is 25.1 Å². The second-order valence-electron chi connectivity index (χ2n) is 5.20. The monoisotopic (exact) mass is 383 g/mol. The van der Waals surface area contributed by atoms with Gasteiger partial charge >= 0.3 is 5.97 Å². The zero-order valence-corrected chi connectivity index (χ0v) is 14.2. The standard InChI is InChI=1S/C18H13ClF3NO3/c1-10(18(25)23-16-6-4-12(20)9-15(16)22)26-17(24)7-3-11-2-5-14(21)13(19)8-11/h2-10H,1H3,(H,23,25)/b7-3+/t10-/m1/s1. The third-order valence-electron chi connectivity index (χ3n) is 3.21. The van der Waals surface area contributed by atoms with E-state index < -0.39 is 35.4 Å². The van der Waals surface area contributed by atoms with Crippen molar-refractivity contribution in [3.05, 3.63) is 70.5 Å². The Morgan fingerprint density at radius 2 is 1.85 bits per heavy atom. The maximum atomic E-state index is 13.5. The molecule has 0 unspecified atom stereocenters. The number of esters is 1. The summed E-state index contributed by atoms with van der Waals surface area (Å²) in [5, 5.41) is 2.09. The highest BCUT2D eigenvalue weighted by Gasteiger charge is 2.18. The summed E-state index contributed by atoms with van der Waals surface area (Å²) < 4.78 is 44.3. The van der Waals surface area contributed by atoms with Gasteiger partial charge in [-0.1, -0.05) is 17.7 Å². The summed E-state index contributed by atoms with van der Waals surface area (Å²) in [6, 6.07) is 6.50. The molecule has 0 aliphatic carbocycles. The van der Waals surface area contributed by atoms with E-state index in [0.29, 0.717) is 11.6 Å². The number of carbonyl (C=O) groups is 2. The summed E-state index contributed by atoms with van der Waals surface area (Å²) in [6.45, 7) is 1.29. The maximum Gasteiger partial charge on any atom is 0.331 e. The van der Waals surface area contributed by atoms with Gasteiger partial charge in [0.1, 0.15) is 17.5 Å². The molecule has 2 aromatic carbocycles. The molecule has 0 radical (unpaired) electrons. The van der Waals surface area contributed by atoms with Crippen LogP contribution in [0.3, 0.4) is 0 Å². The van der Waals surface area contributed by atoms with Gasteiger partial charge in [0.2, 0.25) is 0 Å². The van der Waals surface area contributed by atoms with Gasteiger partial charge in [-0.2, -0.15) is 0 Å². The summed E-state index contributed by atoms with van der Waals surface area (Å²) in [5.74, 6) is -3.96. The average Bonchev–Trinajstić information content (AvgIpc) is 2.58. The number of amides is 1. The van der Waals surface area contributed by atoms with Crippen LogP contribution in [0.5, 0.6) is 0 Å². The molecule has 0 fully saturated rings. The largest absolute Gasteiger partial charge is 0.449 e. The van der Waals surface area contributed by atoms with Gasteiger partial charge in [-0.15, -0.1) is 0 Å². The Kier molecular flexibility index (Phi) is 6.41. The summed E-state index contributed by atoms with van der Waals surface area (Å²) >= 11 is 5.62. The minimum atomic E-state index is -1.23. The molecule has 4 nitrogen and oxygen atoms in total. The van der Waals surface area contributed by atoms with Crippen molar-refractivity contribution in [2.45, 2.75) is 13.0 Å². The first-order valence-electron chi connectivity index (χ1n) is 7.36. The van der Waals surface area contributed by atoms with Crippen molar-refractivity contribution in [2.75, 3.05) is 5.32 Å². The summed E-state index contributed by atoms with van der Waals surface area (Å²) in [6.07, 6.45) is 1.14. The average molecular weight is 384 g/mol. The van der Waals surface area contributed by atoms with Crippen molar-refractivity contribution in [3.63, 3.8) is 0 Å². The van der Waals surface area contributed by atoms with Gasteiger partial charge in [0.05, 0.1) is 10.7 Å². The van der Waals surface area contributed by atoms with Crippen LogP contribution in [0, 0.1) is 17.5 Å². The quantitative estimate of drug-likeness (QED) is 0.617. The van der Waals surface area contributed by atoms with E-state index in [-0.39, 0.29) is 10.7 Å². The van der Waals surface area contributed by atoms with E-state index in [2.05, 4.69) is 5.32 Å². The second kappa shape index (κ2) is 8.53. The molecule has 0 aliphatic heterocycles. The molecule has 0 aromatic heterocycles. The van der Waals surface area contributed by atoms with E-state index in [1.807, 2.05) is 0 Å². The second-order valence-corrected chi connectivity index (χ2v) is 5.61. The molecule has 8 heteroatoms. The Morgan fingerprint density at radius 1 is 1.12 bits per heavy atom. The van der Waals surface area contributed by atoms with Gasteiger partial charge in [0, 0.05) is 12.1 Å². The molecule has 1 atom stereocenters. The molecule has 0 saturated carbocycles. The first kappa shape index (κ1) is 19.5. The van der Waals surface area contributed by atoms with Gasteiger partial charge in [-0.3, -0.25) is 4.79 Å². The molecule has 2 rings (SSSR count). The van der Waals surface area contributed by atoms with Crippen molar-refractivity contribution >= 4 is 35.2 Å². The molecular weight excluding hydrogens is 371 g/mol. The minimum Gasteiger partial charge on any atom is -0.449 e. The predicted octanol–water partition coefficient (Wildman–Crippen LogP) is 4.34. The summed E-state index contributed by atoms with van der Waals surface area (Å²) in [7, 11) is 0. The summed E-state index contributed by atoms with van der Waals surface area (Å²) in [4.78, 5) is 23.6. The lowest BCUT2D eigenvalue weighted by Crippen LogP contribution is -2.29. The Bertz CT molecular complexity index is 871. The summed E-state index contributed by atoms with van der Waals surface area (Å²) in [5.41, 5.74) is 0.217. The molecule has 0 spiro atoms. The van der Waals surface area contributed by atoms with E-state index in [0.717, 1.165) is 24.3 Å². The third kappa shape index (κ3) is 5.35. The van der Waals surface area contributed by atoms with E-state index in [9.17, 15) is 22.8 Å². The highest BCUT2D eigenvalue weighted by atomic mass is 35.5. The number of rotatable bonds is 5. The number of carbonyl (C=O) groups excluding carboxylic acids is 2. The molecule has 1 N–H and O–H groups in total. The third-order valence-corrected chi connectivity index (χ3v) is 3.50. The lowest BCUT2D eigenvalue weighted by molar-refractivity contribution is -0.148. The van der Waals surface area contributed by atoms with Crippen LogP contribution in [0.25, 0.3) is 6.08 Å². The molecule has 0 aliphatic rings. The number of hydrogen-bond acceptors (Lipinski definition) is 3. The zero-order valence-electron chi connectivity index (χ0n) is 13.4. The van der Waals surface area contributed by atoms with Crippen molar-refractivity contribution in [2.24, 2.45) is 0 Å². The van der Waals surface area contributed by atoms with E-state index >= 15 is 0 Å². The first-order valence-corrected chi connectivity index (χ1v) is 7.73. The van der Waals surface area contributed by atoms with Crippen molar-refractivity contribution < 1.29 is 27.5 Å². The predicted molar refractivity (Wildman–Crippen MR) is 91.0 cm³/mol. The maximum absolute atomic E-state index is 13.5. The van der Waals surface area contributed by atoms with Crippen LogP contribution in [-0.4, -0.2) is 18.0 Å². The van der Waals surface area contributed by atoms with Gasteiger partial charge in [-0.25, -0.2) is 18.0 Å². The van der Waals surface area contributed by atoms with Crippen molar-refractivity contribution in [1.29, 1.82) is 0 Å². The molecule has 0 saturated heterocycles. The number of hydrogen-bond donors (Lipinski definition) is 1. The fourth-order valence-corrected chi connectivity index (χ4v) is 2.06. The molecule has 1 amide bonds. The van der Waals surface area contributed by atoms with Crippen molar-refractivity contribution in [1.82, 2.24) is 0 Å². The van der Waals surface area contributed by atoms with Crippen molar-refractivity contribution in [3.8, 4) is 0 Å². The fourth-order valence-electron chi connectivity index (χ4n) is 1.87. The van der Waals surface area contributed by atoms with Gasteiger partial charge in [-0.05, 0) is 42.8 Å². The Hall–Kier alpha value is -2.80. The van der Waals surface area contributed by atoms with Crippen LogP contribution in [-0.2, 0) is 14.3 Å². The molecular formula is C18H13ClF3NO3. The van der Waals surface area contributed by atoms with Crippen LogP contribution < -0.4 is 5.32 Å². The number of anilines is 1. The number of ether oxygens (including phenoxy) is 1. The lowest BCUT2D eigenvalue weighted by Gasteiger charge is -2.12. The van der Waals surface area contributed by atoms with Gasteiger partial charge in [0.25, 0.3) is 5.91 Å². The lowest BCUT2D eigenvalue weighted by atomic mass is 10.2. The topological polar surface area (TPSA) is 55.4 Å². The fraction of sp³-hybridized carbons (Fsp3) is 0.111. The van der Waals surface area contributed by atoms with Crippen LogP contribution in [0.4, 0.5) is 18.9 Å². The van der Waals surface area contributed by atoms with Gasteiger partial charge < -0.3 is 10.1 Å². The van der Waals surface area contributed by atoms with E-state index in [4.69, 9.17) is 16.3 Å². The van der Waals surface area contributed by atoms with Gasteiger partial charge in [0.15, 0.2) is 6.10 Å². The van der Waals surface area contributed by atoms with Crippen LogP contribution >= 0.6 is 11.6 Å². The Balaban J connectivity index is 1.94. The Labute approximate surface area is 152 Å². The van der Waals surface area contributed by atoms with E-state index in [1.54, 1.807) is 0 Å². The zero-order chi connectivity index (χ0) is 19.3. The number of benzene rings is 2. The minimum absolute atomic E-state index is 0.102. The SMILES string of the molecule is C[C@@H](OC(=O)/C=C/c1ccc(F)c(Cl)c1)C(=O)Nc1ccc(F)cc1F. The number of nitrogens with one attached hydrogen (secondary N) is 1. The van der Waals surface area contributed by atoms with Crippen LogP contribution in [0.2, 0.25) is 5.02 Å². The smallest absolute Gasteiger partial charge is 0.331 e. The molecule has 0 heterocycles. The molecule has 0 bridgehead atoms. The molecule has 2 aromatic rings. The number of halogens is 4. The first-order chi connectivity index (χ1) is 12.3. The highest BCUT2D eigenvalue weighted by Crippen LogP contribution is 2.17. The molecule has 136 valence electrons. The van der Waals surface area contributed by atoms with Crippen LogP contribution in [0.1, 0.15) is 12.5 Å². The normalized spacial score (nSPS) is 12.0. The Morgan fingerprint density at radius 3 is 2.50 bits per heavy atom. The van der Waals surface area contributed by atoms with Crippen LogP contribution in [0.15, 0.2) is 42.5 Å². The molecule has 26 heavy (non-hydrogen) atoms.